The van der Waals surface area contributed by atoms with E-state index >= 15 is 0 Å². The number of rotatable bonds is 4. The van der Waals surface area contributed by atoms with Crippen molar-refractivity contribution in [1.29, 1.82) is 5.26 Å². The lowest BCUT2D eigenvalue weighted by Gasteiger charge is -2.17. The molecule has 4 heteroatoms. The molecule has 0 aliphatic carbocycles. The summed E-state index contributed by atoms with van der Waals surface area (Å²) in [4.78, 5) is 0.646. The van der Waals surface area contributed by atoms with Crippen LogP contribution in [0.2, 0.25) is 0 Å². The van der Waals surface area contributed by atoms with E-state index in [1.807, 2.05) is 19.1 Å². The number of aryl methyl sites for hydroxylation is 1. The highest BCUT2D eigenvalue weighted by Gasteiger charge is 2.27. The fraction of sp³-hybridized carbons (Fsp3) is 0.417. The van der Waals surface area contributed by atoms with Gasteiger partial charge in [-0.3, -0.25) is 4.21 Å². The van der Waals surface area contributed by atoms with E-state index in [4.69, 9.17) is 5.26 Å². The van der Waals surface area contributed by atoms with Gasteiger partial charge in [-0.05, 0) is 25.5 Å². The first-order valence-electron chi connectivity index (χ1n) is 5.09. The average Bonchev–Trinajstić information content (AvgIpc) is 2.29. The first-order valence-corrected chi connectivity index (χ1v) is 6.41. The summed E-state index contributed by atoms with van der Waals surface area (Å²) in [6.07, 6.45) is 0.279. The summed E-state index contributed by atoms with van der Waals surface area (Å²) in [7, 11) is -1.33. The molecule has 2 atom stereocenters. The lowest BCUT2D eigenvalue weighted by atomic mass is 10.1. The van der Waals surface area contributed by atoms with Crippen LogP contribution >= 0.6 is 0 Å². The summed E-state index contributed by atoms with van der Waals surface area (Å²) in [5, 5.41) is 18.6. The van der Waals surface area contributed by atoms with Gasteiger partial charge >= 0.3 is 0 Å². The van der Waals surface area contributed by atoms with Gasteiger partial charge in [0.15, 0.2) is 5.60 Å². The van der Waals surface area contributed by atoms with Gasteiger partial charge in [0.25, 0.3) is 0 Å². The number of hydrogen-bond acceptors (Lipinski definition) is 3. The average molecular weight is 237 g/mol. The Labute approximate surface area is 98.2 Å². The maximum atomic E-state index is 11.9. The molecular formula is C12H15NO2S. The fourth-order valence-corrected chi connectivity index (χ4v) is 2.51. The van der Waals surface area contributed by atoms with E-state index in [-0.39, 0.29) is 12.2 Å². The second-order valence-electron chi connectivity index (χ2n) is 3.80. The SMILES string of the molecule is CC[C@](O)(C#N)C[S@@](=O)c1ccc(C)cc1. The number of nitriles is 1. The zero-order valence-corrected chi connectivity index (χ0v) is 10.3. The molecule has 0 aliphatic heterocycles. The van der Waals surface area contributed by atoms with E-state index < -0.39 is 16.4 Å². The molecular weight excluding hydrogens is 222 g/mol. The molecule has 0 fully saturated rings. The molecule has 1 aromatic rings. The van der Waals surface area contributed by atoms with Gasteiger partial charge in [-0.25, -0.2) is 0 Å². The van der Waals surface area contributed by atoms with Crippen molar-refractivity contribution in [3.05, 3.63) is 29.8 Å². The third kappa shape index (κ3) is 3.16. The van der Waals surface area contributed by atoms with Gasteiger partial charge in [0.1, 0.15) is 0 Å². The molecule has 0 radical (unpaired) electrons. The number of aliphatic hydroxyl groups is 1. The van der Waals surface area contributed by atoms with Crippen LogP contribution in [-0.2, 0) is 10.8 Å². The highest BCUT2D eigenvalue weighted by molar-refractivity contribution is 7.85. The van der Waals surface area contributed by atoms with Gasteiger partial charge in [-0.15, -0.1) is 0 Å². The summed E-state index contributed by atoms with van der Waals surface area (Å²) < 4.78 is 11.9. The van der Waals surface area contributed by atoms with Crippen LogP contribution in [0.15, 0.2) is 29.2 Å². The predicted molar refractivity (Wildman–Crippen MR) is 63.3 cm³/mol. The third-order valence-electron chi connectivity index (χ3n) is 2.45. The molecule has 1 rings (SSSR count). The van der Waals surface area contributed by atoms with Gasteiger partial charge in [-0.2, -0.15) is 5.26 Å². The van der Waals surface area contributed by atoms with Crippen molar-refractivity contribution < 1.29 is 9.32 Å². The van der Waals surface area contributed by atoms with Crippen molar-refractivity contribution in [2.24, 2.45) is 0 Å². The standard InChI is InChI=1S/C12H15NO2S/c1-3-12(14,8-13)9-16(15)11-6-4-10(2)5-7-11/h4-7,14H,3,9H2,1-2H3/t12-,16+/m0/s1. The maximum Gasteiger partial charge on any atom is 0.162 e. The first-order chi connectivity index (χ1) is 7.50. The molecule has 1 aromatic carbocycles. The van der Waals surface area contributed by atoms with Crippen molar-refractivity contribution >= 4 is 10.8 Å². The molecule has 3 nitrogen and oxygen atoms in total. The Morgan fingerprint density at radius 1 is 1.44 bits per heavy atom. The van der Waals surface area contributed by atoms with E-state index in [9.17, 15) is 9.32 Å². The molecule has 0 saturated heterocycles. The first kappa shape index (κ1) is 12.9. The molecule has 86 valence electrons. The Balaban J connectivity index is 2.81. The molecule has 0 bridgehead atoms. The highest BCUT2D eigenvalue weighted by atomic mass is 32.2. The third-order valence-corrected chi connectivity index (χ3v) is 3.98. The van der Waals surface area contributed by atoms with Crippen molar-refractivity contribution in [3.8, 4) is 6.07 Å². The largest absolute Gasteiger partial charge is 0.374 e. The fourth-order valence-electron chi connectivity index (χ4n) is 1.20. The van der Waals surface area contributed by atoms with Crippen molar-refractivity contribution in [1.82, 2.24) is 0 Å². The summed E-state index contributed by atoms with van der Waals surface area (Å²) in [5.41, 5.74) is -0.401. The van der Waals surface area contributed by atoms with Gasteiger partial charge < -0.3 is 5.11 Å². The Kier molecular flexibility index (Phi) is 4.22. The quantitative estimate of drug-likeness (QED) is 0.812. The van der Waals surface area contributed by atoms with Crippen molar-refractivity contribution in [2.75, 3.05) is 5.75 Å². The minimum absolute atomic E-state index is 0.0386. The molecule has 0 heterocycles. The van der Waals surface area contributed by atoms with Crippen LogP contribution in [0.1, 0.15) is 18.9 Å². The Bertz CT molecular complexity index is 422. The smallest absolute Gasteiger partial charge is 0.162 e. The van der Waals surface area contributed by atoms with Crippen LogP contribution in [0.5, 0.6) is 0 Å². The molecule has 0 aliphatic rings. The molecule has 0 aromatic heterocycles. The summed E-state index contributed by atoms with van der Waals surface area (Å²) in [6, 6.07) is 9.06. The topological polar surface area (TPSA) is 61.1 Å². The highest BCUT2D eigenvalue weighted by Crippen LogP contribution is 2.16. The van der Waals surface area contributed by atoms with Crippen molar-refractivity contribution in [3.63, 3.8) is 0 Å². The van der Waals surface area contributed by atoms with E-state index in [0.29, 0.717) is 4.90 Å². The van der Waals surface area contributed by atoms with Crippen molar-refractivity contribution in [2.45, 2.75) is 30.8 Å². The molecule has 16 heavy (non-hydrogen) atoms. The van der Waals surface area contributed by atoms with Crippen LogP contribution in [0, 0.1) is 18.3 Å². The van der Waals surface area contributed by atoms with E-state index in [1.54, 1.807) is 25.1 Å². The molecule has 1 N–H and O–H groups in total. The van der Waals surface area contributed by atoms with E-state index in [0.717, 1.165) is 5.56 Å². The van der Waals surface area contributed by atoms with E-state index in [2.05, 4.69) is 0 Å². The van der Waals surface area contributed by atoms with Crippen LogP contribution in [-0.4, -0.2) is 20.7 Å². The van der Waals surface area contributed by atoms with Gasteiger partial charge in [0, 0.05) is 4.90 Å². The normalized spacial score (nSPS) is 16.1. The lowest BCUT2D eigenvalue weighted by molar-refractivity contribution is 0.120. The van der Waals surface area contributed by atoms with Gasteiger partial charge in [0.2, 0.25) is 0 Å². The van der Waals surface area contributed by atoms with E-state index in [1.165, 1.54) is 0 Å². The number of nitrogens with zero attached hydrogens (tertiary/aromatic N) is 1. The zero-order chi connectivity index (χ0) is 12.2. The minimum atomic E-state index is -1.49. The summed E-state index contributed by atoms with van der Waals surface area (Å²) in [5.74, 6) is -0.0386. The Hall–Kier alpha value is -1.18. The zero-order valence-electron chi connectivity index (χ0n) is 9.43. The Morgan fingerprint density at radius 2 is 2.00 bits per heavy atom. The monoisotopic (exact) mass is 237 g/mol. The Morgan fingerprint density at radius 3 is 2.44 bits per heavy atom. The molecule has 0 saturated carbocycles. The molecule has 0 amide bonds. The van der Waals surface area contributed by atoms with Crippen LogP contribution < -0.4 is 0 Å². The predicted octanol–water partition coefficient (Wildman–Crippen LogP) is 1.77. The maximum absolute atomic E-state index is 11.9. The molecule has 0 spiro atoms. The minimum Gasteiger partial charge on any atom is -0.374 e. The van der Waals surface area contributed by atoms with Crippen LogP contribution in [0.25, 0.3) is 0 Å². The van der Waals surface area contributed by atoms with Crippen LogP contribution in [0.3, 0.4) is 0 Å². The second-order valence-corrected chi connectivity index (χ2v) is 5.25. The number of hydrogen-bond donors (Lipinski definition) is 1. The lowest BCUT2D eigenvalue weighted by Crippen LogP contribution is -2.32. The van der Waals surface area contributed by atoms with Gasteiger partial charge in [-0.1, -0.05) is 24.6 Å². The number of benzene rings is 1. The summed E-state index contributed by atoms with van der Waals surface area (Å²) in [6.45, 7) is 3.65. The summed E-state index contributed by atoms with van der Waals surface area (Å²) >= 11 is 0. The molecule has 0 unspecified atom stereocenters. The second kappa shape index (κ2) is 5.24. The van der Waals surface area contributed by atoms with Gasteiger partial charge in [0.05, 0.1) is 22.6 Å². The van der Waals surface area contributed by atoms with Crippen LogP contribution in [0.4, 0.5) is 0 Å².